The second-order valence-corrected chi connectivity index (χ2v) is 10.3. The number of aromatic nitrogens is 1. The number of nitrogens with zero attached hydrogens (tertiary/aromatic N) is 1. The van der Waals surface area contributed by atoms with Crippen molar-refractivity contribution in [3.05, 3.63) is 78.2 Å². The summed E-state index contributed by atoms with van der Waals surface area (Å²) in [7, 11) is 0. The van der Waals surface area contributed by atoms with Gasteiger partial charge in [-0.3, -0.25) is 4.79 Å². The van der Waals surface area contributed by atoms with Gasteiger partial charge >= 0.3 is 0 Å². The third-order valence-corrected chi connectivity index (χ3v) is 7.04. The van der Waals surface area contributed by atoms with E-state index >= 15 is 0 Å². The molecule has 0 amide bonds. The van der Waals surface area contributed by atoms with Crippen molar-refractivity contribution in [1.29, 1.82) is 0 Å². The molecule has 0 bridgehead atoms. The van der Waals surface area contributed by atoms with E-state index < -0.39 is 0 Å². The number of aliphatic hydroxyl groups is 1. The number of hydrogen-bond donors (Lipinski definition) is 1. The van der Waals surface area contributed by atoms with Crippen molar-refractivity contribution in [1.82, 2.24) is 4.98 Å². The van der Waals surface area contributed by atoms with Crippen LogP contribution in [0.4, 0.5) is 0 Å². The van der Waals surface area contributed by atoms with Crippen LogP contribution in [-0.2, 0) is 24.9 Å². The van der Waals surface area contributed by atoms with Gasteiger partial charge in [-0.25, -0.2) is 0 Å². The minimum absolute atomic E-state index is 0. The van der Waals surface area contributed by atoms with E-state index in [1.165, 1.54) is 10.8 Å². The Morgan fingerprint density at radius 3 is 2.30 bits per heavy atom. The molecule has 3 aromatic rings. The Balaban J connectivity index is 0.000000180. The van der Waals surface area contributed by atoms with Crippen LogP contribution < -0.4 is 0 Å². The Morgan fingerprint density at radius 1 is 0.939 bits per heavy atom. The van der Waals surface area contributed by atoms with Gasteiger partial charge in [0.1, 0.15) is 5.76 Å². The van der Waals surface area contributed by atoms with Gasteiger partial charge in [-0.15, -0.1) is 35.9 Å². The van der Waals surface area contributed by atoms with Gasteiger partial charge in [0.25, 0.3) is 0 Å². The maximum Gasteiger partial charge on any atom is 0.168 e. The van der Waals surface area contributed by atoms with E-state index in [0.29, 0.717) is 11.7 Å². The van der Waals surface area contributed by atoms with Crippen molar-refractivity contribution >= 4 is 16.6 Å². The molecular weight excluding hydrogens is 587 g/mol. The number of allylic oxidation sites excluding steroid dienone is 2. The zero-order valence-corrected chi connectivity index (χ0v) is 22.2. The van der Waals surface area contributed by atoms with Crippen molar-refractivity contribution in [3.63, 3.8) is 0 Å². The van der Waals surface area contributed by atoms with Crippen molar-refractivity contribution in [2.75, 3.05) is 0 Å². The Labute approximate surface area is 210 Å². The standard InChI is InChI=1S/C15H10N.C14H22O2.Ir/c1-2-7-13(8-3-1)15-14-9-5-4-6-12(14)10-11-16-15;1-13(2)7-5-9-6-8-14(3,4)12(16)10(9)11(13)15;/h1-7,9-11H;9,15H,5-8H2,1-4H3;/q-1;;. The molecule has 1 N–H and O–H groups in total. The molecule has 2 aliphatic rings. The molecule has 2 aliphatic carbocycles. The number of ketones is 1. The molecule has 5 rings (SSSR count). The molecule has 0 spiro atoms. The summed E-state index contributed by atoms with van der Waals surface area (Å²) in [5.41, 5.74) is 2.28. The number of Topliss-reactive ketones (excluding diaryl/α,β-unsaturated/α-hetero) is 1. The van der Waals surface area contributed by atoms with Gasteiger partial charge in [0.05, 0.1) is 0 Å². The summed E-state index contributed by atoms with van der Waals surface area (Å²) in [5.74, 6) is 0.851. The molecule has 1 heterocycles. The van der Waals surface area contributed by atoms with Crippen molar-refractivity contribution in [2.45, 2.75) is 53.4 Å². The number of rotatable bonds is 1. The molecule has 1 radical (unpaired) electrons. The van der Waals surface area contributed by atoms with Crippen molar-refractivity contribution < 1.29 is 30.0 Å². The molecule has 0 aliphatic heterocycles. The van der Waals surface area contributed by atoms with Crippen LogP contribution in [0.2, 0.25) is 0 Å². The first kappa shape index (κ1) is 25.3. The Bertz CT molecular complexity index is 1160. The number of carbonyl (C=O) groups is 1. The third kappa shape index (κ3) is 5.13. The van der Waals surface area contributed by atoms with E-state index in [1.54, 1.807) is 0 Å². The van der Waals surface area contributed by atoms with Gasteiger partial charge < -0.3 is 10.1 Å². The van der Waals surface area contributed by atoms with Crippen LogP contribution in [0.5, 0.6) is 0 Å². The molecule has 1 atom stereocenters. The molecule has 1 aromatic heterocycles. The predicted molar refractivity (Wildman–Crippen MR) is 130 cm³/mol. The molecular formula is C29H32IrNO2-. The molecule has 1 saturated carbocycles. The Kier molecular flexibility index (Phi) is 7.61. The molecule has 3 nitrogen and oxygen atoms in total. The van der Waals surface area contributed by atoms with Crippen molar-refractivity contribution in [3.8, 4) is 11.3 Å². The first-order valence-corrected chi connectivity index (χ1v) is 11.5. The molecule has 1 unspecified atom stereocenters. The second-order valence-electron chi connectivity index (χ2n) is 10.3. The van der Waals surface area contributed by atoms with Crippen LogP contribution in [0.25, 0.3) is 22.0 Å². The molecule has 0 saturated heterocycles. The average Bonchev–Trinajstić information content (AvgIpc) is 2.79. The van der Waals surface area contributed by atoms with Gasteiger partial charge in [-0.05, 0) is 54.1 Å². The Morgan fingerprint density at radius 2 is 1.61 bits per heavy atom. The second kappa shape index (κ2) is 9.91. The topological polar surface area (TPSA) is 50.2 Å². The first-order valence-electron chi connectivity index (χ1n) is 11.5. The van der Waals surface area contributed by atoms with Gasteiger partial charge in [0, 0.05) is 42.7 Å². The zero-order chi connectivity index (χ0) is 22.9. The third-order valence-electron chi connectivity index (χ3n) is 7.04. The smallest absolute Gasteiger partial charge is 0.168 e. The number of hydrogen-bond acceptors (Lipinski definition) is 3. The first-order chi connectivity index (χ1) is 15.2. The molecule has 1 fully saturated rings. The number of pyridine rings is 1. The number of benzene rings is 2. The fourth-order valence-electron chi connectivity index (χ4n) is 4.83. The van der Waals surface area contributed by atoms with Crippen LogP contribution in [0.15, 0.2) is 72.1 Å². The van der Waals surface area contributed by atoms with Gasteiger partial charge in [0.2, 0.25) is 0 Å². The fraction of sp³-hybridized carbons (Fsp3) is 0.379. The van der Waals surface area contributed by atoms with Crippen LogP contribution in [0.1, 0.15) is 53.4 Å². The van der Waals surface area contributed by atoms with Crippen LogP contribution in [0.3, 0.4) is 0 Å². The van der Waals surface area contributed by atoms with E-state index in [1.807, 2.05) is 76.4 Å². The van der Waals surface area contributed by atoms with Gasteiger partial charge in [-0.2, -0.15) is 0 Å². The van der Waals surface area contributed by atoms with Gasteiger partial charge in [0.15, 0.2) is 5.78 Å². The monoisotopic (exact) mass is 619 g/mol. The van der Waals surface area contributed by atoms with E-state index in [2.05, 4.69) is 23.2 Å². The Hall–Kier alpha value is -2.29. The molecule has 33 heavy (non-hydrogen) atoms. The number of aliphatic hydroxyl groups excluding tert-OH is 1. The molecule has 175 valence electrons. The van der Waals surface area contributed by atoms with E-state index in [0.717, 1.165) is 42.5 Å². The summed E-state index contributed by atoms with van der Waals surface area (Å²) in [6.45, 7) is 8.04. The van der Waals surface area contributed by atoms with Crippen LogP contribution in [0, 0.1) is 22.8 Å². The summed E-state index contributed by atoms with van der Waals surface area (Å²) in [6, 6.07) is 21.4. The fourth-order valence-corrected chi connectivity index (χ4v) is 4.83. The predicted octanol–water partition coefficient (Wildman–Crippen LogP) is 7.32. The number of fused-ring (bicyclic) bond motifs is 2. The van der Waals surface area contributed by atoms with E-state index in [-0.39, 0.29) is 36.7 Å². The van der Waals surface area contributed by atoms with Crippen LogP contribution in [-0.4, -0.2) is 15.9 Å². The van der Waals surface area contributed by atoms with Crippen LogP contribution >= 0.6 is 0 Å². The van der Waals surface area contributed by atoms with E-state index in [4.69, 9.17) is 0 Å². The van der Waals surface area contributed by atoms with Gasteiger partial charge in [-0.1, -0.05) is 52.0 Å². The SMILES string of the molecule is CC1(C)CCC2CCC(C)(C)C(O)=C2C1=O.[Ir].[c-]1ccccc1-c1nccc2ccccc12. The largest absolute Gasteiger partial charge is 0.511 e. The summed E-state index contributed by atoms with van der Waals surface area (Å²) in [5, 5.41) is 12.7. The minimum Gasteiger partial charge on any atom is -0.511 e. The summed E-state index contributed by atoms with van der Waals surface area (Å²) in [6.07, 6.45) is 5.88. The van der Waals surface area contributed by atoms with E-state index in [9.17, 15) is 9.90 Å². The molecule has 2 aromatic carbocycles. The molecule has 4 heteroatoms. The number of carbonyl (C=O) groups excluding carboxylic acids is 1. The normalized spacial score (nSPS) is 20.8. The average molecular weight is 619 g/mol. The maximum atomic E-state index is 12.4. The van der Waals surface area contributed by atoms with Crippen molar-refractivity contribution in [2.24, 2.45) is 16.7 Å². The zero-order valence-electron chi connectivity index (χ0n) is 19.8. The summed E-state index contributed by atoms with van der Waals surface area (Å²) in [4.78, 5) is 16.8. The summed E-state index contributed by atoms with van der Waals surface area (Å²) >= 11 is 0. The summed E-state index contributed by atoms with van der Waals surface area (Å²) < 4.78 is 0. The maximum absolute atomic E-state index is 12.4. The minimum atomic E-state index is -0.284. The quantitative estimate of drug-likeness (QED) is 0.291.